The van der Waals surface area contributed by atoms with Crippen LogP contribution in [0, 0.1) is 6.92 Å². The van der Waals surface area contributed by atoms with E-state index in [4.69, 9.17) is 4.74 Å². The van der Waals surface area contributed by atoms with E-state index in [9.17, 15) is 9.90 Å². The zero-order chi connectivity index (χ0) is 13.7. The van der Waals surface area contributed by atoms with Crippen LogP contribution in [0.4, 0.5) is 5.69 Å². The molecule has 0 atom stereocenters. The zero-order valence-electron chi connectivity index (χ0n) is 10.6. The molecule has 0 fully saturated rings. The highest BCUT2D eigenvalue weighted by molar-refractivity contribution is 5.92. The number of carbonyl (C=O) groups excluding carboxylic acids is 1. The van der Waals surface area contributed by atoms with Gasteiger partial charge in [0.15, 0.2) is 6.61 Å². The molecular weight excluding hydrogens is 242 g/mol. The van der Waals surface area contributed by atoms with Gasteiger partial charge in [0, 0.05) is 11.8 Å². The Hall–Kier alpha value is -2.49. The number of aryl methyl sites for hydroxylation is 1. The molecule has 0 bridgehead atoms. The van der Waals surface area contributed by atoms with Gasteiger partial charge in [-0.05, 0) is 31.2 Å². The van der Waals surface area contributed by atoms with Crippen LogP contribution in [0.1, 0.15) is 5.56 Å². The summed E-state index contributed by atoms with van der Waals surface area (Å²) in [6.45, 7) is 1.91. The van der Waals surface area contributed by atoms with E-state index in [-0.39, 0.29) is 18.3 Å². The molecule has 98 valence electrons. The van der Waals surface area contributed by atoms with Crippen LogP contribution in [0.2, 0.25) is 0 Å². The average Bonchev–Trinajstić information content (AvgIpc) is 2.38. The molecule has 0 aliphatic rings. The van der Waals surface area contributed by atoms with Gasteiger partial charge in [0.25, 0.3) is 5.91 Å². The minimum atomic E-state index is -0.272. The van der Waals surface area contributed by atoms with Gasteiger partial charge in [0.05, 0.1) is 0 Å². The Morgan fingerprint density at radius 1 is 1.21 bits per heavy atom. The van der Waals surface area contributed by atoms with Crippen molar-refractivity contribution in [3.8, 4) is 11.5 Å². The fourth-order valence-electron chi connectivity index (χ4n) is 1.56. The van der Waals surface area contributed by atoms with Crippen molar-refractivity contribution in [1.82, 2.24) is 0 Å². The number of phenols is 1. The largest absolute Gasteiger partial charge is 0.508 e. The third-order valence-electron chi connectivity index (χ3n) is 2.52. The highest BCUT2D eigenvalue weighted by Crippen LogP contribution is 2.15. The number of phenolic OH excluding ortho intramolecular Hbond substituents is 1. The first kappa shape index (κ1) is 13.0. The number of benzene rings is 2. The molecule has 0 unspecified atom stereocenters. The summed E-state index contributed by atoms with van der Waals surface area (Å²) in [4.78, 5) is 11.6. The molecule has 4 nitrogen and oxygen atoms in total. The lowest BCUT2D eigenvalue weighted by Crippen LogP contribution is -2.20. The van der Waals surface area contributed by atoms with Crippen LogP contribution in [-0.4, -0.2) is 17.6 Å². The Labute approximate surface area is 111 Å². The molecule has 0 saturated heterocycles. The number of carbonyl (C=O) groups is 1. The predicted molar refractivity (Wildman–Crippen MR) is 73.4 cm³/mol. The number of amides is 1. The van der Waals surface area contributed by atoms with E-state index in [1.54, 1.807) is 18.2 Å². The number of anilines is 1. The van der Waals surface area contributed by atoms with E-state index in [1.165, 1.54) is 6.07 Å². The summed E-state index contributed by atoms with van der Waals surface area (Å²) in [5.74, 6) is 0.486. The second-order valence-electron chi connectivity index (χ2n) is 4.20. The molecule has 2 aromatic rings. The van der Waals surface area contributed by atoms with E-state index >= 15 is 0 Å². The smallest absolute Gasteiger partial charge is 0.262 e. The van der Waals surface area contributed by atoms with Crippen molar-refractivity contribution in [3.05, 3.63) is 54.1 Å². The Kier molecular flexibility index (Phi) is 4.03. The summed E-state index contributed by atoms with van der Waals surface area (Å²) in [5, 5.41) is 11.9. The van der Waals surface area contributed by atoms with E-state index in [2.05, 4.69) is 5.32 Å². The number of aromatic hydroxyl groups is 1. The SMILES string of the molecule is Cc1ccc(OCC(=O)Nc2cccc(O)c2)cc1. The van der Waals surface area contributed by atoms with Crippen molar-refractivity contribution < 1.29 is 14.6 Å². The molecule has 0 aliphatic carbocycles. The quantitative estimate of drug-likeness (QED) is 0.885. The third kappa shape index (κ3) is 4.03. The lowest BCUT2D eigenvalue weighted by Gasteiger charge is -2.08. The van der Waals surface area contributed by atoms with E-state index in [0.717, 1.165) is 5.56 Å². The van der Waals surface area contributed by atoms with Crippen LogP contribution in [0.15, 0.2) is 48.5 Å². The first-order valence-electron chi connectivity index (χ1n) is 5.92. The standard InChI is InChI=1S/C15H15NO3/c1-11-5-7-14(8-6-11)19-10-15(18)16-12-3-2-4-13(17)9-12/h2-9,17H,10H2,1H3,(H,16,18). The first-order valence-corrected chi connectivity index (χ1v) is 5.92. The van der Waals surface area contributed by atoms with Gasteiger partial charge < -0.3 is 15.2 Å². The van der Waals surface area contributed by atoms with Crippen LogP contribution in [0.5, 0.6) is 11.5 Å². The summed E-state index contributed by atoms with van der Waals surface area (Å²) in [7, 11) is 0. The van der Waals surface area contributed by atoms with Crippen molar-refractivity contribution >= 4 is 11.6 Å². The number of hydrogen-bond acceptors (Lipinski definition) is 3. The van der Waals surface area contributed by atoms with Crippen LogP contribution in [0.3, 0.4) is 0 Å². The van der Waals surface area contributed by atoms with Crippen molar-refractivity contribution in [2.45, 2.75) is 6.92 Å². The van der Waals surface area contributed by atoms with E-state index in [0.29, 0.717) is 11.4 Å². The summed E-state index contributed by atoms with van der Waals surface area (Å²) >= 11 is 0. The highest BCUT2D eigenvalue weighted by atomic mass is 16.5. The Balaban J connectivity index is 1.86. The molecule has 19 heavy (non-hydrogen) atoms. The number of hydrogen-bond donors (Lipinski definition) is 2. The minimum Gasteiger partial charge on any atom is -0.508 e. The predicted octanol–water partition coefficient (Wildman–Crippen LogP) is 2.72. The molecule has 0 spiro atoms. The molecule has 0 aliphatic heterocycles. The van der Waals surface area contributed by atoms with Crippen molar-refractivity contribution in [1.29, 1.82) is 0 Å². The van der Waals surface area contributed by atoms with Crippen molar-refractivity contribution in [2.24, 2.45) is 0 Å². The molecule has 0 saturated carbocycles. The molecule has 0 radical (unpaired) electrons. The van der Waals surface area contributed by atoms with Crippen LogP contribution < -0.4 is 10.1 Å². The number of nitrogens with one attached hydrogen (secondary N) is 1. The molecule has 4 heteroatoms. The normalized spacial score (nSPS) is 9.95. The molecule has 2 N–H and O–H groups in total. The summed E-state index contributed by atoms with van der Waals surface area (Å²) in [6.07, 6.45) is 0. The fraction of sp³-hybridized carbons (Fsp3) is 0.133. The van der Waals surface area contributed by atoms with Crippen molar-refractivity contribution in [3.63, 3.8) is 0 Å². The molecule has 1 amide bonds. The maximum Gasteiger partial charge on any atom is 0.262 e. The highest BCUT2D eigenvalue weighted by Gasteiger charge is 2.04. The van der Waals surface area contributed by atoms with Gasteiger partial charge in [-0.1, -0.05) is 23.8 Å². The molecule has 2 aromatic carbocycles. The zero-order valence-corrected chi connectivity index (χ0v) is 10.6. The minimum absolute atomic E-state index is 0.0707. The molecule has 0 aromatic heterocycles. The second-order valence-corrected chi connectivity index (χ2v) is 4.20. The lowest BCUT2D eigenvalue weighted by molar-refractivity contribution is -0.118. The molecule has 2 rings (SSSR count). The summed E-state index contributed by atoms with van der Waals surface area (Å²) in [6, 6.07) is 13.8. The van der Waals surface area contributed by atoms with E-state index in [1.807, 2.05) is 31.2 Å². The number of ether oxygens (including phenoxy) is 1. The van der Waals surface area contributed by atoms with Gasteiger partial charge in [-0.25, -0.2) is 0 Å². The molecule has 0 heterocycles. The van der Waals surface area contributed by atoms with Crippen molar-refractivity contribution in [2.75, 3.05) is 11.9 Å². The monoisotopic (exact) mass is 257 g/mol. The lowest BCUT2D eigenvalue weighted by atomic mass is 10.2. The fourth-order valence-corrected chi connectivity index (χ4v) is 1.56. The third-order valence-corrected chi connectivity index (χ3v) is 2.52. The second kappa shape index (κ2) is 5.91. The van der Waals surface area contributed by atoms with E-state index < -0.39 is 0 Å². The Morgan fingerprint density at radius 2 is 1.95 bits per heavy atom. The van der Waals surface area contributed by atoms with Gasteiger partial charge in [-0.15, -0.1) is 0 Å². The Bertz CT molecular complexity index is 564. The van der Waals surface area contributed by atoms with Crippen LogP contribution >= 0.6 is 0 Å². The van der Waals surface area contributed by atoms with Gasteiger partial charge in [-0.3, -0.25) is 4.79 Å². The summed E-state index contributed by atoms with van der Waals surface area (Å²) in [5.41, 5.74) is 1.68. The van der Waals surface area contributed by atoms with Crippen LogP contribution in [0.25, 0.3) is 0 Å². The number of rotatable bonds is 4. The maximum atomic E-state index is 11.6. The maximum absolute atomic E-state index is 11.6. The Morgan fingerprint density at radius 3 is 2.63 bits per heavy atom. The summed E-state index contributed by atoms with van der Waals surface area (Å²) < 4.78 is 5.35. The van der Waals surface area contributed by atoms with Gasteiger partial charge in [0.2, 0.25) is 0 Å². The molecular formula is C15H15NO3. The average molecular weight is 257 g/mol. The van der Waals surface area contributed by atoms with Crippen LogP contribution in [-0.2, 0) is 4.79 Å². The van der Waals surface area contributed by atoms with Gasteiger partial charge >= 0.3 is 0 Å². The van der Waals surface area contributed by atoms with Gasteiger partial charge in [-0.2, -0.15) is 0 Å². The topological polar surface area (TPSA) is 58.6 Å². The van der Waals surface area contributed by atoms with Gasteiger partial charge in [0.1, 0.15) is 11.5 Å². The first-order chi connectivity index (χ1) is 9.13.